The summed E-state index contributed by atoms with van der Waals surface area (Å²) >= 11 is 0. The Morgan fingerprint density at radius 1 is 0.933 bits per heavy atom. The lowest BCUT2D eigenvalue weighted by molar-refractivity contribution is 0.261. The maximum Gasteiger partial charge on any atom is 0.230 e. The first-order valence-corrected chi connectivity index (χ1v) is 9.83. The molecule has 0 spiro atoms. The van der Waals surface area contributed by atoms with E-state index >= 15 is 0 Å². The predicted octanol–water partition coefficient (Wildman–Crippen LogP) is 4.25. The molecule has 4 rings (SSSR count). The second-order valence-electron chi connectivity index (χ2n) is 7.17. The normalized spacial score (nSPS) is 11.0. The van der Waals surface area contributed by atoms with Gasteiger partial charge in [0.15, 0.2) is 11.6 Å². The Hall–Kier alpha value is -3.57. The molecule has 1 heterocycles. The van der Waals surface area contributed by atoms with Crippen molar-refractivity contribution in [3.8, 4) is 22.9 Å². The molecule has 0 saturated heterocycles. The number of ether oxygens (including phenoxy) is 1. The van der Waals surface area contributed by atoms with Crippen LogP contribution in [0.3, 0.4) is 0 Å². The maximum absolute atomic E-state index is 13.1. The Morgan fingerprint density at radius 3 is 2.37 bits per heavy atom. The fourth-order valence-corrected chi connectivity index (χ4v) is 3.62. The van der Waals surface area contributed by atoms with Gasteiger partial charge in [-0.05, 0) is 29.3 Å². The van der Waals surface area contributed by atoms with Crippen LogP contribution in [0.2, 0.25) is 0 Å². The van der Waals surface area contributed by atoms with E-state index in [0.29, 0.717) is 5.69 Å². The molecule has 3 aromatic carbocycles. The molecule has 5 heteroatoms. The van der Waals surface area contributed by atoms with Crippen LogP contribution in [0.25, 0.3) is 22.0 Å². The van der Waals surface area contributed by atoms with Crippen LogP contribution >= 0.6 is 0 Å². The Labute approximate surface area is 174 Å². The third kappa shape index (κ3) is 3.67. The van der Waals surface area contributed by atoms with E-state index in [9.17, 15) is 15.0 Å². The highest BCUT2D eigenvalue weighted by Crippen LogP contribution is 2.34. The van der Waals surface area contributed by atoms with Crippen molar-refractivity contribution in [1.29, 1.82) is 0 Å². The van der Waals surface area contributed by atoms with Crippen LogP contribution in [-0.2, 0) is 13.2 Å². The van der Waals surface area contributed by atoms with Gasteiger partial charge in [-0.15, -0.1) is 0 Å². The minimum atomic E-state index is -0.360. The number of aliphatic hydroxyl groups excluding tert-OH is 1. The first-order chi connectivity index (χ1) is 14.6. The number of rotatable bonds is 6. The van der Waals surface area contributed by atoms with Gasteiger partial charge < -0.3 is 19.5 Å². The molecule has 152 valence electrons. The fourth-order valence-electron chi connectivity index (χ4n) is 3.62. The van der Waals surface area contributed by atoms with Crippen molar-refractivity contribution in [1.82, 2.24) is 4.57 Å². The zero-order valence-corrected chi connectivity index (χ0v) is 16.7. The van der Waals surface area contributed by atoms with E-state index in [1.54, 1.807) is 11.5 Å². The van der Waals surface area contributed by atoms with Crippen LogP contribution in [0.5, 0.6) is 11.6 Å². The highest BCUT2D eigenvalue weighted by atomic mass is 16.5. The van der Waals surface area contributed by atoms with Crippen LogP contribution < -0.4 is 10.2 Å². The third-order valence-electron chi connectivity index (χ3n) is 5.20. The van der Waals surface area contributed by atoms with Gasteiger partial charge >= 0.3 is 0 Å². The van der Waals surface area contributed by atoms with E-state index in [-0.39, 0.29) is 42.4 Å². The smallest absolute Gasteiger partial charge is 0.230 e. The van der Waals surface area contributed by atoms with E-state index in [4.69, 9.17) is 4.74 Å². The summed E-state index contributed by atoms with van der Waals surface area (Å²) in [7, 11) is 0. The van der Waals surface area contributed by atoms with Crippen molar-refractivity contribution in [3.05, 3.63) is 94.1 Å². The van der Waals surface area contributed by atoms with Gasteiger partial charge in [0.25, 0.3) is 0 Å². The summed E-state index contributed by atoms with van der Waals surface area (Å²) in [5.41, 5.74) is 1.95. The van der Waals surface area contributed by atoms with Crippen molar-refractivity contribution >= 4 is 10.8 Å². The average Bonchev–Trinajstić information content (AvgIpc) is 2.79. The van der Waals surface area contributed by atoms with Crippen LogP contribution in [0.4, 0.5) is 0 Å². The summed E-state index contributed by atoms with van der Waals surface area (Å²) in [4.78, 5) is 13.1. The molecule has 0 aliphatic heterocycles. The lowest BCUT2D eigenvalue weighted by atomic mass is 10.0. The topological polar surface area (TPSA) is 71.7 Å². The number of aromatic nitrogens is 1. The van der Waals surface area contributed by atoms with Gasteiger partial charge in [0.1, 0.15) is 6.61 Å². The number of nitrogens with zero attached hydrogens (tertiary/aromatic N) is 1. The van der Waals surface area contributed by atoms with Gasteiger partial charge in [-0.3, -0.25) is 4.79 Å². The number of aromatic hydroxyl groups is 1. The quantitative estimate of drug-likeness (QED) is 0.507. The number of hydrogen-bond donors (Lipinski definition) is 2. The van der Waals surface area contributed by atoms with Crippen LogP contribution in [0.15, 0.2) is 77.6 Å². The third-order valence-corrected chi connectivity index (χ3v) is 5.20. The Kier molecular flexibility index (Phi) is 5.55. The van der Waals surface area contributed by atoms with Gasteiger partial charge in [0.05, 0.1) is 17.9 Å². The number of hydrogen-bond acceptors (Lipinski definition) is 4. The minimum Gasteiger partial charge on any atom is -0.494 e. The summed E-state index contributed by atoms with van der Waals surface area (Å²) in [5, 5.41) is 22.3. The summed E-state index contributed by atoms with van der Waals surface area (Å²) < 4.78 is 7.56. The zero-order chi connectivity index (χ0) is 21.1. The van der Waals surface area contributed by atoms with E-state index in [2.05, 4.69) is 0 Å². The molecule has 0 unspecified atom stereocenters. The lowest BCUT2D eigenvalue weighted by Crippen LogP contribution is -2.19. The summed E-state index contributed by atoms with van der Waals surface area (Å²) in [6, 6.07) is 23.3. The maximum atomic E-state index is 13.1. The second-order valence-corrected chi connectivity index (χ2v) is 7.17. The van der Waals surface area contributed by atoms with Crippen molar-refractivity contribution in [2.24, 2.45) is 0 Å². The summed E-state index contributed by atoms with van der Waals surface area (Å²) in [6.45, 7) is 1.73. The molecular formula is C25H23NO4. The first kappa shape index (κ1) is 19.7. The Morgan fingerprint density at radius 2 is 1.63 bits per heavy atom. The van der Waals surface area contributed by atoms with E-state index in [1.165, 1.54) is 0 Å². The lowest BCUT2D eigenvalue weighted by Gasteiger charge is -2.21. The molecule has 0 aliphatic rings. The molecule has 5 nitrogen and oxygen atoms in total. The molecule has 30 heavy (non-hydrogen) atoms. The van der Waals surface area contributed by atoms with Gasteiger partial charge in [-0.25, -0.2) is 0 Å². The van der Waals surface area contributed by atoms with Crippen molar-refractivity contribution < 1.29 is 14.9 Å². The molecule has 0 fully saturated rings. The van der Waals surface area contributed by atoms with Gasteiger partial charge in [0, 0.05) is 12.1 Å². The molecule has 0 saturated carbocycles. The minimum absolute atomic E-state index is 0.136. The monoisotopic (exact) mass is 401 g/mol. The van der Waals surface area contributed by atoms with Crippen LogP contribution in [-0.4, -0.2) is 21.4 Å². The molecule has 0 atom stereocenters. The largest absolute Gasteiger partial charge is 0.494 e. The average molecular weight is 401 g/mol. The summed E-state index contributed by atoms with van der Waals surface area (Å²) in [6.07, 6.45) is 0. The fraction of sp³-hybridized carbons (Fsp3) is 0.160. The molecule has 4 aromatic rings. The SMILES string of the molecule is Cc1c(O)n(CCO)c(-c2ccc3ccccc3c2)c(OCc2ccccc2)c1=O. The molecule has 0 aliphatic carbocycles. The van der Waals surface area contributed by atoms with E-state index in [0.717, 1.165) is 21.9 Å². The molecule has 2 N–H and O–H groups in total. The molecule has 0 amide bonds. The predicted molar refractivity (Wildman–Crippen MR) is 118 cm³/mol. The van der Waals surface area contributed by atoms with Crippen molar-refractivity contribution in [3.63, 3.8) is 0 Å². The Balaban J connectivity index is 1.91. The Bertz CT molecular complexity index is 1250. The zero-order valence-electron chi connectivity index (χ0n) is 16.7. The van der Waals surface area contributed by atoms with Gasteiger partial charge in [-0.2, -0.15) is 0 Å². The number of pyridine rings is 1. The highest BCUT2D eigenvalue weighted by molar-refractivity contribution is 5.87. The number of benzene rings is 3. The molecular weight excluding hydrogens is 378 g/mol. The second kappa shape index (κ2) is 8.43. The van der Waals surface area contributed by atoms with E-state index in [1.807, 2.05) is 72.8 Å². The molecule has 1 aromatic heterocycles. The van der Waals surface area contributed by atoms with Gasteiger partial charge in [-0.1, -0.05) is 66.7 Å². The molecule has 0 radical (unpaired) electrons. The molecule has 0 bridgehead atoms. The van der Waals surface area contributed by atoms with Crippen molar-refractivity contribution in [2.75, 3.05) is 6.61 Å². The van der Waals surface area contributed by atoms with Crippen LogP contribution in [0, 0.1) is 6.92 Å². The highest BCUT2D eigenvalue weighted by Gasteiger charge is 2.22. The van der Waals surface area contributed by atoms with E-state index < -0.39 is 0 Å². The number of fused-ring (bicyclic) bond motifs is 1. The van der Waals surface area contributed by atoms with Crippen molar-refractivity contribution in [2.45, 2.75) is 20.1 Å². The standard InChI is InChI=1S/C25H23NO4/c1-17-23(28)24(30-16-18-7-3-2-4-8-18)22(26(13-14-27)25(17)29)21-12-11-19-9-5-6-10-20(19)15-21/h2-12,15,27,29H,13-14,16H2,1H3. The first-order valence-electron chi connectivity index (χ1n) is 9.83. The van der Waals surface area contributed by atoms with Gasteiger partial charge in [0.2, 0.25) is 5.43 Å². The van der Waals surface area contributed by atoms with Crippen LogP contribution in [0.1, 0.15) is 11.1 Å². The summed E-state index contributed by atoms with van der Waals surface area (Å²) in [5.74, 6) is 0.00199. The number of aliphatic hydroxyl groups is 1.